The Balaban J connectivity index is 4.36. The molecule has 3 nitrogen and oxygen atoms in total. The van der Waals surface area contributed by atoms with Gasteiger partial charge in [0.15, 0.2) is 0 Å². The van der Waals surface area contributed by atoms with Crippen LogP contribution in [0.15, 0.2) is 0 Å². The van der Waals surface area contributed by atoms with E-state index in [-0.39, 0.29) is 18.4 Å². The first-order chi connectivity index (χ1) is 8.85. The highest BCUT2D eigenvalue weighted by Gasteiger charge is 2.59. The maximum absolute atomic E-state index is 12.1. The molecule has 0 amide bonds. The van der Waals surface area contributed by atoms with Gasteiger partial charge >= 0.3 is 18.3 Å². The Morgan fingerprint density at radius 1 is 1.00 bits per heavy atom. The number of hydrogen-bond acceptors (Lipinski definition) is 3. The van der Waals surface area contributed by atoms with E-state index in [1.807, 2.05) is 13.8 Å². The molecule has 0 aromatic carbocycles. The van der Waals surface area contributed by atoms with E-state index in [4.69, 9.17) is 4.74 Å². The van der Waals surface area contributed by atoms with Crippen LogP contribution >= 0.6 is 0 Å². The lowest BCUT2D eigenvalue weighted by atomic mass is 9.99. The summed E-state index contributed by atoms with van der Waals surface area (Å²) in [7, 11) is 0. The van der Waals surface area contributed by atoms with E-state index >= 15 is 0 Å². The van der Waals surface area contributed by atoms with Crippen LogP contribution in [0, 0.1) is 11.8 Å². The Hall–Kier alpha value is -0.990. The Labute approximate surface area is 112 Å². The van der Waals surface area contributed by atoms with Gasteiger partial charge in [-0.05, 0) is 11.8 Å². The average molecular weight is 310 g/mol. The molecule has 0 aliphatic heterocycles. The molecule has 120 valence electrons. The van der Waals surface area contributed by atoms with Crippen molar-refractivity contribution in [2.24, 2.45) is 11.8 Å². The number of rotatable bonds is 6. The molecule has 1 unspecified atom stereocenters. The fraction of sp³-hybridized carbons (Fsp3) is 0.909. The summed E-state index contributed by atoms with van der Waals surface area (Å²) in [5.41, 5.74) is 0. The zero-order chi connectivity index (χ0) is 16.1. The van der Waals surface area contributed by atoms with Crippen LogP contribution in [-0.4, -0.2) is 37.6 Å². The van der Waals surface area contributed by atoms with Gasteiger partial charge in [-0.25, -0.2) is 4.79 Å². The van der Waals surface area contributed by atoms with E-state index in [0.717, 1.165) is 0 Å². The molecule has 0 aromatic rings. The molecular formula is C11H16F6O3. The van der Waals surface area contributed by atoms with Gasteiger partial charge in [0.1, 0.15) is 6.61 Å². The number of esters is 1. The fourth-order valence-corrected chi connectivity index (χ4v) is 1.01. The number of carbonyl (C=O) groups excluding carboxylic acids is 1. The predicted molar refractivity (Wildman–Crippen MR) is 56.8 cm³/mol. The summed E-state index contributed by atoms with van der Waals surface area (Å²) in [6, 6.07) is 0. The normalized spacial score (nSPS) is 14.8. The maximum atomic E-state index is 12.1. The third-order valence-electron chi connectivity index (χ3n) is 2.58. The third-order valence-corrected chi connectivity index (χ3v) is 2.58. The summed E-state index contributed by atoms with van der Waals surface area (Å²) in [5.74, 6) is -1.51. The Morgan fingerprint density at radius 3 is 1.80 bits per heavy atom. The summed E-state index contributed by atoms with van der Waals surface area (Å²) in [6.07, 6.45) is -15.5. The first-order valence-corrected chi connectivity index (χ1v) is 5.76. The number of alkyl halides is 6. The quantitative estimate of drug-likeness (QED) is 0.557. The standard InChI is InChI=1S/C11H16F6O3/c1-6(2)7(3)4-19-5-8(18)20-9(10(12,13)14)11(15,16)17/h6-7,9H,4-5H2,1-3H3. The summed E-state index contributed by atoms with van der Waals surface area (Å²) in [6.45, 7) is 4.56. The van der Waals surface area contributed by atoms with Gasteiger partial charge in [-0.2, -0.15) is 26.3 Å². The number of carbonyl (C=O) groups is 1. The van der Waals surface area contributed by atoms with Crippen molar-refractivity contribution in [1.29, 1.82) is 0 Å². The molecule has 0 aromatic heterocycles. The predicted octanol–water partition coefficient (Wildman–Crippen LogP) is 3.33. The summed E-state index contributed by atoms with van der Waals surface area (Å²) in [4.78, 5) is 11.0. The summed E-state index contributed by atoms with van der Waals surface area (Å²) < 4.78 is 80.7. The minimum absolute atomic E-state index is 0.00355. The highest BCUT2D eigenvalue weighted by atomic mass is 19.4. The van der Waals surface area contributed by atoms with Crippen LogP contribution in [0.4, 0.5) is 26.3 Å². The zero-order valence-corrected chi connectivity index (χ0v) is 11.1. The highest BCUT2D eigenvalue weighted by Crippen LogP contribution is 2.35. The van der Waals surface area contributed by atoms with Gasteiger partial charge in [0.25, 0.3) is 6.10 Å². The molecule has 0 fully saturated rings. The van der Waals surface area contributed by atoms with Crippen molar-refractivity contribution in [2.45, 2.75) is 39.2 Å². The smallest absolute Gasteiger partial charge is 0.434 e. The molecule has 0 saturated carbocycles. The first kappa shape index (κ1) is 19.0. The lowest BCUT2D eigenvalue weighted by Crippen LogP contribution is -2.46. The van der Waals surface area contributed by atoms with Crippen molar-refractivity contribution in [3.05, 3.63) is 0 Å². The van der Waals surface area contributed by atoms with Gasteiger partial charge in [0, 0.05) is 0 Å². The van der Waals surface area contributed by atoms with E-state index < -0.39 is 31.0 Å². The van der Waals surface area contributed by atoms with E-state index in [1.54, 1.807) is 6.92 Å². The van der Waals surface area contributed by atoms with Crippen molar-refractivity contribution < 1.29 is 40.6 Å². The zero-order valence-electron chi connectivity index (χ0n) is 11.1. The molecule has 20 heavy (non-hydrogen) atoms. The van der Waals surface area contributed by atoms with Crippen molar-refractivity contribution in [3.8, 4) is 0 Å². The van der Waals surface area contributed by atoms with Gasteiger partial charge in [-0.1, -0.05) is 20.8 Å². The highest BCUT2D eigenvalue weighted by molar-refractivity contribution is 5.71. The van der Waals surface area contributed by atoms with Crippen LogP contribution in [0.2, 0.25) is 0 Å². The van der Waals surface area contributed by atoms with E-state index in [9.17, 15) is 31.1 Å². The second-order valence-electron chi connectivity index (χ2n) is 4.69. The lowest BCUT2D eigenvalue weighted by Gasteiger charge is -2.23. The molecule has 0 aliphatic rings. The fourth-order valence-electron chi connectivity index (χ4n) is 1.01. The molecular weight excluding hydrogens is 294 g/mol. The summed E-state index contributed by atoms with van der Waals surface area (Å²) >= 11 is 0. The monoisotopic (exact) mass is 310 g/mol. The molecule has 0 bridgehead atoms. The number of halogens is 6. The molecule has 0 N–H and O–H groups in total. The van der Waals surface area contributed by atoms with Gasteiger partial charge < -0.3 is 9.47 Å². The molecule has 1 atom stereocenters. The van der Waals surface area contributed by atoms with Crippen molar-refractivity contribution in [3.63, 3.8) is 0 Å². The number of ether oxygens (including phenoxy) is 2. The second kappa shape index (κ2) is 7.14. The van der Waals surface area contributed by atoms with Gasteiger partial charge in [-0.3, -0.25) is 0 Å². The van der Waals surface area contributed by atoms with Crippen molar-refractivity contribution in [2.75, 3.05) is 13.2 Å². The van der Waals surface area contributed by atoms with Crippen LogP contribution in [0.25, 0.3) is 0 Å². The van der Waals surface area contributed by atoms with Gasteiger partial charge in [0.2, 0.25) is 0 Å². The van der Waals surface area contributed by atoms with Crippen LogP contribution in [0.3, 0.4) is 0 Å². The molecule has 9 heteroatoms. The van der Waals surface area contributed by atoms with Gasteiger partial charge in [0.05, 0.1) is 6.61 Å². The van der Waals surface area contributed by atoms with Crippen LogP contribution < -0.4 is 0 Å². The molecule has 0 heterocycles. The Bertz CT molecular complexity index is 296. The molecule has 0 aliphatic carbocycles. The third kappa shape index (κ3) is 6.97. The van der Waals surface area contributed by atoms with E-state index in [0.29, 0.717) is 0 Å². The lowest BCUT2D eigenvalue weighted by molar-refractivity contribution is -0.314. The largest absolute Gasteiger partial charge is 0.441 e. The Morgan fingerprint density at radius 2 is 1.45 bits per heavy atom. The van der Waals surface area contributed by atoms with Gasteiger partial charge in [-0.15, -0.1) is 0 Å². The van der Waals surface area contributed by atoms with Crippen LogP contribution in [0.1, 0.15) is 20.8 Å². The molecule has 0 saturated heterocycles. The van der Waals surface area contributed by atoms with Crippen molar-refractivity contribution in [1.82, 2.24) is 0 Å². The van der Waals surface area contributed by atoms with E-state index in [2.05, 4.69) is 4.74 Å². The van der Waals surface area contributed by atoms with Crippen LogP contribution in [0.5, 0.6) is 0 Å². The average Bonchev–Trinajstić information content (AvgIpc) is 2.22. The molecule has 0 spiro atoms. The number of hydrogen-bond donors (Lipinski definition) is 0. The second-order valence-corrected chi connectivity index (χ2v) is 4.69. The maximum Gasteiger partial charge on any atom is 0.434 e. The minimum Gasteiger partial charge on any atom is -0.441 e. The molecule has 0 radical (unpaired) electrons. The van der Waals surface area contributed by atoms with E-state index in [1.165, 1.54) is 0 Å². The topological polar surface area (TPSA) is 35.5 Å². The summed E-state index contributed by atoms with van der Waals surface area (Å²) in [5, 5.41) is 0. The van der Waals surface area contributed by atoms with Crippen LogP contribution in [-0.2, 0) is 14.3 Å². The Kier molecular flexibility index (Phi) is 6.79. The molecule has 0 rings (SSSR count). The minimum atomic E-state index is -5.71. The first-order valence-electron chi connectivity index (χ1n) is 5.76. The SMILES string of the molecule is CC(C)C(C)COCC(=O)OC(C(F)(F)F)C(F)(F)F. The van der Waals surface area contributed by atoms with Crippen molar-refractivity contribution >= 4 is 5.97 Å².